The summed E-state index contributed by atoms with van der Waals surface area (Å²) >= 11 is 0. The van der Waals surface area contributed by atoms with Gasteiger partial charge in [0.1, 0.15) is 5.82 Å². The third kappa shape index (κ3) is 0.920. The van der Waals surface area contributed by atoms with E-state index in [0.29, 0.717) is 5.52 Å². The van der Waals surface area contributed by atoms with Gasteiger partial charge in [0.05, 0.1) is 11.7 Å². The van der Waals surface area contributed by atoms with Gasteiger partial charge in [-0.15, -0.1) is 5.10 Å². The number of halogens is 1. The standard InChI is InChI=1S/C7H5FN2O/c8-5-1-2-6-3-7(11)9-10(6)4-5/h1-4H,(H,9,11). The Bertz CT molecular complexity index is 396. The lowest BCUT2D eigenvalue weighted by Gasteiger charge is -1.89. The van der Waals surface area contributed by atoms with Crippen LogP contribution in [0.1, 0.15) is 0 Å². The predicted molar refractivity (Wildman–Crippen MR) is 36.8 cm³/mol. The topological polar surface area (TPSA) is 37.5 Å². The molecule has 0 atom stereocenters. The second-order valence-electron chi connectivity index (χ2n) is 2.22. The number of nitrogens with zero attached hydrogens (tertiary/aromatic N) is 2. The second kappa shape index (κ2) is 1.95. The fourth-order valence-corrected chi connectivity index (χ4v) is 0.948. The quantitative estimate of drug-likeness (QED) is 0.615. The number of pyridine rings is 1. The van der Waals surface area contributed by atoms with Crippen molar-refractivity contribution in [2.75, 3.05) is 0 Å². The second-order valence-corrected chi connectivity index (χ2v) is 2.22. The molecule has 2 rings (SSSR count). The van der Waals surface area contributed by atoms with Crippen molar-refractivity contribution in [2.24, 2.45) is 0 Å². The summed E-state index contributed by atoms with van der Waals surface area (Å²) in [6.07, 6.45) is 1.20. The van der Waals surface area contributed by atoms with Crippen LogP contribution in [-0.2, 0) is 0 Å². The maximum absolute atomic E-state index is 12.5. The lowest BCUT2D eigenvalue weighted by Crippen LogP contribution is -1.86. The maximum atomic E-state index is 12.5. The van der Waals surface area contributed by atoms with E-state index in [9.17, 15) is 4.39 Å². The number of fused-ring (bicyclic) bond motifs is 1. The molecule has 0 amide bonds. The van der Waals surface area contributed by atoms with E-state index >= 15 is 0 Å². The molecule has 0 unspecified atom stereocenters. The van der Waals surface area contributed by atoms with Crippen LogP contribution in [0.15, 0.2) is 24.4 Å². The summed E-state index contributed by atoms with van der Waals surface area (Å²) in [7, 11) is 0. The Morgan fingerprint density at radius 1 is 1.45 bits per heavy atom. The molecule has 0 aliphatic rings. The molecule has 0 aliphatic carbocycles. The van der Waals surface area contributed by atoms with Crippen molar-refractivity contribution < 1.29 is 9.50 Å². The predicted octanol–water partition coefficient (Wildman–Crippen LogP) is 1.18. The van der Waals surface area contributed by atoms with Crippen molar-refractivity contribution in [3.8, 4) is 5.88 Å². The van der Waals surface area contributed by atoms with Crippen molar-refractivity contribution in [2.45, 2.75) is 0 Å². The first-order valence-corrected chi connectivity index (χ1v) is 3.09. The molecule has 0 aliphatic heterocycles. The first kappa shape index (κ1) is 6.15. The maximum Gasteiger partial charge on any atom is 0.231 e. The highest BCUT2D eigenvalue weighted by molar-refractivity contribution is 5.48. The van der Waals surface area contributed by atoms with Crippen LogP contribution >= 0.6 is 0 Å². The van der Waals surface area contributed by atoms with Crippen molar-refractivity contribution >= 4 is 5.52 Å². The zero-order valence-corrected chi connectivity index (χ0v) is 5.53. The fraction of sp³-hybridized carbons (Fsp3) is 0. The average molecular weight is 152 g/mol. The summed E-state index contributed by atoms with van der Waals surface area (Å²) < 4.78 is 13.8. The van der Waals surface area contributed by atoms with Crippen LogP contribution in [0, 0.1) is 5.82 Å². The third-order valence-electron chi connectivity index (χ3n) is 1.41. The highest BCUT2D eigenvalue weighted by Gasteiger charge is 1.98. The minimum Gasteiger partial charge on any atom is -0.492 e. The molecule has 1 N–H and O–H groups in total. The Balaban J connectivity index is 2.82. The summed E-state index contributed by atoms with van der Waals surface area (Å²) in [6, 6.07) is 4.32. The van der Waals surface area contributed by atoms with Crippen molar-refractivity contribution in [1.29, 1.82) is 0 Å². The number of hydrogen-bond acceptors (Lipinski definition) is 2. The van der Waals surface area contributed by atoms with Gasteiger partial charge in [-0.2, -0.15) is 0 Å². The minimum atomic E-state index is -0.374. The van der Waals surface area contributed by atoms with Gasteiger partial charge >= 0.3 is 0 Å². The zero-order valence-electron chi connectivity index (χ0n) is 5.53. The summed E-state index contributed by atoms with van der Waals surface area (Å²) in [5, 5.41) is 12.5. The normalized spacial score (nSPS) is 10.6. The molecule has 0 radical (unpaired) electrons. The average Bonchev–Trinajstić information content (AvgIpc) is 2.27. The Morgan fingerprint density at radius 3 is 3.09 bits per heavy atom. The SMILES string of the molecule is Oc1cc2ccc(F)cn2n1. The van der Waals surface area contributed by atoms with E-state index in [2.05, 4.69) is 5.10 Å². The highest BCUT2D eigenvalue weighted by atomic mass is 19.1. The molecular formula is C7H5FN2O. The molecule has 0 fully saturated rings. The van der Waals surface area contributed by atoms with E-state index < -0.39 is 0 Å². The van der Waals surface area contributed by atoms with Crippen LogP contribution in [0.2, 0.25) is 0 Å². The molecule has 0 spiro atoms. The summed E-state index contributed by atoms with van der Waals surface area (Å²) in [5.41, 5.74) is 0.670. The van der Waals surface area contributed by atoms with Gasteiger partial charge < -0.3 is 5.11 Å². The molecule has 0 bridgehead atoms. The molecule has 4 heteroatoms. The van der Waals surface area contributed by atoms with E-state index in [1.807, 2.05) is 0 Å². The van der Waals surface area contributed by atoms with E-state index in [1.165, 1.54) is 22.8 Å². The first-order chi connectivity index (χ1) is 5.25. The number of aromatic hydroxyl groups is 1. The highest BCUT2D eigenvalue weighted by Crippen LogP contribution is 2.11. The lowest BCUT2D eigenvalue weighted by molar-refractivity contribution is 0.448. The molecule has 2 aromatic heterocycles. The van der Waals surface area contributed by atoms with Gasteiger partial charge in [-0.25, -0.2) is 8.91 Å². The Kier molecular flexibility index (Phi) is 1.09. The molecule has 2 aromatic rings. The molecule has 2 heterocycles. The minimum absolute atomic E-state index is 0.101. The zero-order chi connectivity index (χ0) is 7.84. The summed E-state index contributed by atoms with van der Waals surface area (Å²) in [4.78, 5) is 0. The van der Waals surface area contributed by atoms with Gasteiger partial charge in [-0.05, 0) is 12.1 Å². The number of rotatable bonds is 0. The third-order valence-corrected chi connectivity index (χ3v) is 1.41. The molecule has 0 saturated heterocycles. The fourth-order valence-electron chi connectivity index (χ4n) is 0.948. The van der Waals surface area contributed by atoms with E-state index in [-0.39, 0.29) is 11.7 Å². The van der Waals surface area contributed by atoms with Gasteiger partial charge in [0.15, 0.2) is 0 Å². The van der Waals surface area contributed by atoms with Crippen molar-refractivity contribution in [1.82, 2.24) is 9.61 Å². The van der Waals surface area contributed by atoms with Gasteiger partial charge in [0.2, 0.25) is 5.88 Å². The van der Waals surface area contributed by atoms with E-state index in [4.69, 9.17) is 5.11 Å². The molecule has 3 nitrogen and oxygen atoms in total. The van der Waals surface area contributed by atoms with Gasteiger partial charge in [-0.3, -0.25) is 0 Å². The Morgan fingerprint density at radius 2 is 2.27 bits per heavy atom. The van der Waals surface area contributed by atoms with Crippen LogP contribution in [0.4, 0.5) is 4.39 Å². The van der Waals surface area contributed by atoms with E-state index in [1.54, 1.807) is 6.07 Å². The number of hydrogen-bond donors (Lipinski definition) is 1. The smallest absolute Gasteiger partial charge is 0.231 e. The van der Waals surface area contributed by atoms with Crippen LogP contribution < -0.4 is 0 Å². The molecule has 56 valence electrons. The van der Waals surface area contributed by atoms with Crippen molar-refractivity contribution in [3.05, 3.63) is 30.2 Å². The monoisotopic (exact) mass is 152 g/mol. The largest absolute Gasteiger partial charge is 0.492 e. The summed E-state index contributed by atoms with van der Waals surface area (Å²) in [5.74, 6) is -0.476. The van der Waals surface area contributed by atoms with E-state index in [0.717, 1.165) is 0 Å². The van der Waals surface area contributed by atoms with Gasteiger partial charge in [0.25, 0.3) is 0 Å². The Labute approximate surface area is 61.7 Å². The van der Waals surface area contributed by atoms with Crippen LogP contribution in [-0.4, -0.2) is 14.7 Å². The molecule has 0 saturated carbocycles. The first-order valence-electron chi connectivity index (χ1n) is 3.09. The molecule has 11 heavy (non-hydrogen) atoms. The number of aromatic nitrogens is 2. The van der Waals surface area contributed by atoms with Gasteiger partial charge in [-0.1, -0.05) is 0 Å². The molecule has 0 aromatic carbocycles. The van der Waals surface area contributed by atoms with Crippen molar-refractivity contribution in [3.63, 3.8) is 0 Å². The lowest BCUT2D eigenvalue weighted by atomic mass is 10.4. The van der Waals surface area contributed by atoms with Crippen LogP contribution in [0.25, 0.3) is 5.52 Å². The summed E-state index contributed by atoms with van der Waals surface area (Å²) in [6.45, 7) is 0. The van der Waals surface area contributed by atoms with Crippen LogP contribution in [0.5, 0.6) is 5.88 Å². The Hall–Kier alpha value is -1.58. The van der Waals surface area contributed by atoms with Crippen LogP contribution in [0.3, 0.4) is 0 Å². The van der Waals surface area contributed by atoms with Gasteiger partial charge in [0, 0.05) is 6.07 Å². The molecular weight excluding hydrogens is 147 g/mol.